The van der Waals surface area contributed by atoms with Gasteiger partial charge >= 0.3 is 5.97 Å². The number of piperidine rings is 1. The third-order valence-corrected chi connectivity index (χ3v) is 15.2. The lowest BCUT2D eigenvalue weighted by Crippen LogP contribution is -2.82. The van der Waals surface area contributed by atoms with Gasteiger partial charge in [0.2, 0.25) is 5.92 Å². The van der Waals surface area contributed by atoms with E-state index < -0.39 is 57.7 Å². The van der Waals surface area contributed by atoms with Crippen LogP contribution in [0.2, 0.25) is 0 Å². The second-order valence-electron chi connectivity index (χ2n) is 17.5. The Balaban J connectivity index is 1.35. The number of halogens is 2. The number of nitrogens with zero attached hydrogens (tertiary/aromatic N) is 3. The molecule has 2 unspecified atom stereocenters. The van der Waals surface area contributed by atoms with Gasteiger partial charge in [-0.3, -0.25) is 24.8 Å². The Morgan fingerprint density at radius 2 is 1.91 bits per heavy atom. The lowest BCUT2D eigenvalue weighted by Gasteiger charge is -2.63. The third-order valence-electron chi connectivity index (χ3n) is 15.1. The molecule has 5 aliphatic heterocycles. The molecular formula is C42H53F2N6O6P. The summed E-state index contributed by atoms with van der Waals surface area (Å²) in [5.74, 6) is -5.05. The van der Waals surface area contributed by atoms with Crippen LogP contribution in [-0.4, -0.2) is 114 Å². The largest absolute Gasteiger partial charge is 0.496 e. The van der Waals surface area contributed by atoms with E-state index in [0.29, 0.717) is 61.7 Å². The van der Waals surface area contributed by atoms with Crippen LogP contribution in [0, 0.1) is 17.3 Å². The number of H-pyrrole nitrogens is 1. The number of hydrogen-bond donors (Lipinski definition) is 5. The van der Waals surface area contributed by atoms with Crippen molar-refractivity contribution in [3.8, 4) is 5.75 Å². The Morgan fingerprint density at radius 1 is 1.14 bits per heavy atom. The first kappa shape index (κ1) is 38.8. The highest BCUT2D eigenvalue weighted by atomic mass is 31.0. The fourth-order valence-corrected chi connectivity index (χ4v) is 13.1. The number of carbonyl (C=O) groups excluding carboxylic acids is 2. The third kappa shape index (κ3) is 4.97. The molecule has 306 valence electrons. The fourth-order valence-electron chi connectivity index (χ4n) is 12.9. The Hall–Kier alpha value is -3.65. The number of rotatable bonds is 7. The normalized spacial score (nSPS) is 36.8. The molecule has 15 heteroatoms. The molecule has 5 N–H and O–H groups in total. The zero-order chi connectivity index (χ0) is 40.4. The molecule has 2 bridgehead atoms. The van der Waals surface area contributed by atoms with Crippen LogP contribution in [0.15, 0.2) is 48.6 Å². The number of alkyl halides is 2. The van der Waals surface area contributed by atoms with E-state index in [1.165, 1.54) is 7.11 Å². The van der Waals surface area contributed by atoms with Gasteiger partial charge in [-0.05, 0) is 77.7 Å². The van der Waals surface area contributed by atoms with Gasteiger partial charge < -0.3 is 29.6 Å². The molecule has 1 aromatic heterocycles. The molecule has 6 aliphatic rings. The predicted molar refractivity (Wildman–Crippen MR) is 214 cm³/mol. The molecule has 0 radical (unpaired) electrons. The second kappa shape index (κ2) is 13.2. The van der Waals surface area contributed by atoms with E-state index >= 15 is 13.6 Å². The molecule has 1 aliphatic carbocycles. The van der Waals surface area contributed by atoms with Crippen LogP contribution >= 0.6 is 9.39 Å². The van der Waals surface area contributed by atoms with E-state index in [0.717, 1.165) is 29.0 Å². The molecule has 57 heavy (non-hydrogen) atoms. The van der Waals surface area contributed by atoms with E-state index in [9.17, 15) is 15.0 Å². The van der Waals surface area contributed by atoms with E-state index in [4.69, 9.17) is 9.47 Å². The van der Waals surface area contributed by atoms with Crippen molar-refractivity contribution < 1.29 is 38.1 Å². The van der Waals surface area contributed by atoms with Crippen LogP contribution < -0.4 is 20.3 Å². The molecule has 6 heterocycles. The van der Waals surface area contributed by atoms with Crippen molar-refractivity contribution in [2.24, 2.45) is 17.3 Å². The minimum absolute atomic E-state index is 0.173. The maximum absolute atomic E-state index is 15.3. The minimum Gasteiger partial charge on any atom is -0.496 e. The number of aromatic nitrogens is 1. The molecule has 3 fully saturated rings. The van der Waals surface area contributed by atoms with Crippen molar-refractivity contribution in [3.05, 3.63) is 70.9 Å². The van der Waals surface area contributed by atoms with Gasteiger partial charge in [-0.2, -0.15) is 0 Å². The summed E-state index contributed by atoms with van der Waals surface area (Å²) in [6, 6.07) is 10.5. The van der Waals surface area contributed by atoms with Crippen molar-refractivity contribution in [2.45, 2.75) is 86.6 Å². The number of aromatic amines is 1. The highest BCUT2D eigenvalue weighted by molar-refractivity contribution is 7.13. The highest BCUT2D eigenvalue weighted by Crippen LogP contribution is 2.67. The number of hydrogen-bond acceptors (Lipinski definition) is 10. The van der Waals surface area contributed by atoms with Gasteiger partial charge in [0.05, 0.1) is 20.3 Å². The SMILES string of the molecule is CC[C@]12C=CCN3CC[C@@]4(c5cc([C@@]6(C(=O)OC)C[C@@H]7C[C@@H](C(C)(F)F)CN(Cc8c6[nH]c6ccccc86)C7)c(OC)cc5N(C)[C@H]4[C@@](O)(C(=O)NNP)[C@@H]1O)[C@@H]32. The monoisotopic (exact) mass is 806 g/mol. The number of methoxy groups -OCH3 is 2. The molecule has 9 rings (SSSR count). The number of anilines is 1. The number of fused-ring (bicyclic) bond motifs is 6. The molecule has 2 saturated heterocycles. The molecule has 1 spiro atoms. The number of hydrazine groups is 1. The first-order valence-electron chi connectivity index (χ1n) is 20.0. The van der Waals surface area contributed by atoms with Gasteiger partial charge in [-0.25, -0.2) is 14.0 Å². The Labute approximate surface area is 333 Å². The molecule has 2 aromatic carbocycles. The first-order chi connectivity index (χ1) is 27.2. The summed E-state index contributed by atoms with van der Waals surface area (Å²) in [5, 5.41) is 29.0. The standard InChI is InChI=1S/C42H53F2N6O6P/c1-6-39-12-9-14-50-15-13-40(33(39)50)27-17-28(31(55-4)18-30(27)48(3)34(40)42(54,35(39)51)36(52)46-47-57)41(37(53)56-5)19-23-16-24(38(2,43)44)21-49(20-23)22-26-25-10-7-8-11-29(25)45-32(26)41/h7-12,17-18,23-24,33-35,45,47,51,54H,6,13-16,19-22,57H2,1-5H3,(H,46,52)/t23-,24+,33-,34+,35+,39+,40+,41-,42-/m0/s1. The van der Waals surface area contributed by atoms with Crippen molar-refractivity contribution in [1.29, 1.82) is 0 Å². The number of benzene rings is 2. The summed E-state index contributed by atoms with van der Waals surface area (Å²) in [4.78, 5) is 39.4. The number of ether oxygens (including phenoxy) is 2. The van der Waals surface area contributed by atoms with Crippen LogP contribution in [0.5, 0.6) is 5.75 Å². The van der Waals surface area contributed by atoms with E-state index in [-0.39, 0.29) is 31.3 Å². The average Bonchev–Trinajstić information content (AvgIpc) is 3.84. The van der Waals surface area contributed by atoms with Crippen LogP contribution in [0.1, 0.15) is 61.9 Å². The lowest BCUT2D eigenvalue weighted by molar-refractivity contribution is -0.203. The zero-order valence-electron chi connectivity index (χ0n) is 33.1. The van der Waals surface area contributed by atoms with Gasteiger partial charge in [0.25, 0.3) is 5.91 Å². The summed E-state index contributed by atoms with van der Waals surface area (Å²) >= 11 is 0. The highest BCUT2D eigenvalue weighted by Gasteiger charge is 2.78. The maximum atomic E-state index is 15.3. The summed E-state index contributed by atoms with van der Waals surface area (Å²) in [6.45, 7) is 5.38. The van der Waals surface area contributed by atoms with Gasteiger partial charge in [-0.1, -0.05) is 37.3 Å². The van der Waals surface area contributed by atoms with Gasteiger partial charge in [0.1, 0.15) is 17.3 Å². The molecule has 3 aromatic rings. The van der Waals surface area contributed by atoms with Gasteiger partial charge in [0.15, 0.2) is 5.60 Å². The Kier molecular flexibility index (Phi) is 8.98. The summed E-state index contributed by atoms with van der Waals surface area (Å²) in [6.07, 6.45) is 3.93. The minimum atomic E-state index is -2.92. The quantitative estimate of drug-likeness (QED) is 0.104. The summed E-state index contributed by atoms with van der Waals surface area (Å²) in [5.41, 5.74) is 1.18. The van der Waals surface area contributed by atoms with Crippen molar-refractivity contribution >= 4 is 37.9 Å². The number of likely N-dealkylation sites (N-methyl/N-ethyl adjacent to an activating group) is 1. The molecule has 11 atom stereocenters. The van der Waals surface area contributed by atoms with E-state index in [2.05, 4.69) is 34.8 Å². The number of amides is 1. The lowest BCUT2D eigenvalue weighted by atomic mass is 9.47. The average molecular weight is 807 g/mol. The number of aliphatic hydroxyl groups excluding tert-OH is 1. The first-order valence-corrected chi connectivity index (χ1v) is 20.6. The maximum Gasteiger partial charge on any atom is 0.322 e. The van der Waals surface area contributed by atoms with Crippen LogP contribution in [-0.2, 0) is 31.7 Å². The Bertz CT molecular complexity index is 2180. The summed E-state index contributed by atoms with van der Waals surface area (Å²) < 4.78 is 42.7. The van der Waals surface area contributed by atoms with Crippen molar-refractivity contribution in [3.63, 3.8) is 0 Å². The smallest absolute Gasteiger partial charge is 0.322 e. The number of aliphatic hydroxyl groups is 2. The molecular weight excluding hydrogens is 753 g/mol. The summed E-state index contributed by atoms with van der Waals surface area (Å²) in [7, 11) is 6.96. The van der Waals surface area contributed by atoms with Gasteiger partial charge in [-0.15, -0.1) is 0 Å². The molecule has 12 nitrogen and oxygen atoms in total. The number of carbonyl (C=O) groups is 2. The van der Waals surface area contributed by atoms with Crippen LogP contribution in [0.4, 0.5) is 14.5 Å². The van der Waals surface area contributed by atoms with Crippen molar-refractivity contribution in [1.82, 2.24) is 25.4 Å². The number of esters is 1. The fraction of sp³-hybridized carbons (Fsp3) is 0.571. The van der Waals surface area contributed by atoms with Gasteiger partial charge in [0, 0.05) is 89.9 Å². The number of nitrogens with one attached hydrogen (secondary N) is 3. The topological polar surface area (TPSA) is 143 Å². The van der Waals surface area contributed by atoms with Crippen LogP contribution in [0.25, 0.3) is 10.9 Å². The molecule has 1 saturated carbocycles. The second-order valence-corrected chi connectivity index (χ2v) is 17.8. The molecule has 1 amide bonds. The Morgan fingerprint density at radius 3 is 2.61 bits per heavy atom. The van der Waals surface area contributed by atoms with E-state index in [1.807, 2.05) is 67.4 Å². The predicted octanol–water partition coefficient (Wildman–Crippen LogP) is 3.75. The van der Waals surface area contributed by atoms with Crippen molar-refractivity contribution in [2.75, 3.05) is 52.3 Å². The van der Waals surface area contributed by atoms with Crippen LogP contribution in [0.3, 0.4) is 0 Å². The van der Waals surface area contributed by atoms with E-state index in [1.54, 1.807) is 7.11 Å². The zero-order valence-corrected chi connectivity index (χ0v) is 34.2. The number of para-hydroxylation sites is 1.